The van der Waals surface area contributed by atoms with Gasteiger partial charge in [-0.1, -0.05) is 60.7 Å². The zero-order valence-electron chi connectivity index (χ0n) is 21.2. The smallest absolute Gasteiger partial charge is 0.407 e. The van der Waals surface area contributed by atoms with Gasteiger partial charge in [0.1, 0.15) is 18.2 Å². The van der Waals surface area contributed by atoms with Crippen LogP contribution in [0.2, 0.25) is 0 Å². The fourth-order valence-electron chi connectivity index (χ4n) is 4.54. The van der Waals surface area contributed by atoms with Crippen molar-refractivity contribution in [1.82, 2.24) is 5.32 Å². The average Bonchev–Trinajstić information content (AvgIpc) is 3.18. The van der Waals surface area contributed by atoms with Crippen LogP contribution >= 0.6 is 0 Å². The molecule has 0 saturated heterocycles. The van der Waals surface area contributed by atoms with Crippen molar-refractivity contribution in [2.24, 2.45) is 0 Å². The molecule has 0 saturated carbocycles. The van der Waals surface area contributed by atoms with Gasteiger partial charge in [-0.2, -0.15) is 0 Å². The Bertz CT molecular complexity index is 1260. The van der Waals surface area contributed by atoms with E-state index >= 15 is 0 Å². The first-order valence-electron chi connectivity index (χ1n) is 12.3. The molecule has 3 aromatic rings. The summed E-state index contributed by atoms with van der Waals surface area (Å²) < 4.78 is 10.9. The fraction of sp³-hybridized carbons (Fsp3) is 0.300. The molecule has 1 aliphatic carbocycles. The first kappa shape index (κ1) is 25.9. The van der Waals surface area contributed by atoms with Gasteiger partial charge < -0.3 is 19.9 Å². The number of hydrogen-bond donors (Lipinski definition) is 2. The second-order valence-electron chi connectivity index (χ2n) is 10.1. The molecule has 0 unspecified atom stereocenters. The summed E-state index contributed by atoms with van der Waals surface area (Å²) >= 11 is 0. The molecule has 0 spiro atoms. The zero-order chi connectivity index (χ0) is 26.6. The number of carbonyl (C=O) groups excluding carboxylic acids is 2. The number of esters is 1. The van der Waals surface area contributed by atoms with Crippen LogP contribution in [0.4, 0.5) is 4.79 Å². The van der Waals surface area contributed by atoms with Crippen LogP contribution in [0.25, 0.3) is 11.1 Å². The standard InChI is InChI=1S/C30H31NO6/c1-30(2,3)37-28(34)20-10-8-9-19(17-20)15-16-26(27(32)33)31-29(35)36-18-25-23-13-6-4-11-21(23)22-12-5-7-14-24(22)25/h4-14,17,25-26H,15-16,18H2,1-3H3,(H,31,35)(H,32,33)/t26-/m0/s1. The van der Waals surface area contributed by atoms with Crippen molar-refractivity contribution in [3.05, 3.63) is 95.1 Å². The number of nitrogens with one attached hydrogen (secondary N) is 1. The second kappa shape index (κ2) is 10.9. The molecule has 37 heavy (non-hydrogen) atoms. The van der Waals surface area contributed by atoms with E-state index in [1.807, 2.05) is 48.5 Å². The maximum atomic E-state index is 12.6. The summed E-state index contributed by atoms with van der Waals surface area (Å²) in [5, 5.41) is 12.1. The summed E-state index contributed by atoms with van der Waals surface area (Å²) in [7, 11) is 0. The van der Waals surface area contributed by atoms with Gasteiger partial charge in [0.2, 0.25) is 0 Å². The molecule has 4 rings (SSSR count). The first-order valence-corrected chi connectivity index (χ1v) is 12.3. The Balaban J connectivity index is 1.35. The number of benzene rings is 3. The minimum atomic E-state index is -1.16. The lowest BCUT2D eigenvalue weighted by Gasteiger charge is -2.20. The van der Waals surface area contributed by atoms with Crippen molar-refractivity contribution in [3.63, 3.8) is 0 Å². The number of aliphatic carboxylic acids is 1. The number of hydrogen-bond acceptors (Lipinski definition) is 5. The molecule has 0 aliphatic heterocycles. The fourth-order valence-corrected chi connectivity index (χ4v) is 4.54. The van der Waals surface area contributed by atoms with Crippen molar-refractivity contribution in [2.75, 3.05) is 6.61 Å². The minimum absolute atomic E-state index is 0.101. The van der Waals surface area contributed by atoms with Crippen LogP contribution in [0.3, 0.4) is 0 Å². The summed E-state index contributed by atoms with van der Waals surface area (Å²) in [5.41, 5.74) is 4.93. The van der Waals surface area contributed by atoms with E-state index in [9.17, 15) is 19.5 Å². The molecule has 3 aromatic carbocycles. The second-order valence-corrected chi connectivity index (χ2v) is 10.1. The number of carboxylic acids is 1. The summed E-state index contributed by atoms with van der Waals surface area (Å²) in [5.74, 6) is -1.71. The highest BCUT2D eigenvalue weighted by molar-refractivity contribution is 5.90. The third-order valence-electron chi connectivity index (χ3n) is 6.22. The molecular formula is C30H31NO6. The number of fused-ring (bicyclic) bond motifs is 3. The van der Waals surface area contributed by atoms with Crippen LogP contribution < -0.4 is 5.32 Å². The molecule has 0 aromatic heterocycles. The highest BCUT2D eigenvalue weighted by Crippen LogP contribution is 2.44. The molecule has 1 aliphatic rings. The number of carboxylic acid groups (broad SMARTS) is 1. The quantitative estimate of drug-likeness (QED) is 0.392. The topological polar surface area (TPSA) is 102 Å². The number of amides is 1. The van der Waals surface area contributed by atoms with Gasteiger partial charge in [0.05, 0.1) is 5.56 Å². The lowest BCUT2D eigenvalue weighted by molar-refractivity contribution is -0.139. The number of ether oxygens (including phenoxy) is 2. The van der Waals surface area contributed by atoms with E-state index in [-0.39, 0.29) is 18.9 Å². The predicted molar refractivity (Wildman–Crippen MR) is 140 cm³/mol. The Kier molecular flexibility index (Phi) is 7.62. The third-order valence-corrected chi connectivity index (χ3v) is 6.22. The van der Waals surface area contributed by atoms with Crippen molar-refractivity contribution in [2.45, 2.75) is 51.2 Å². The molecule has 2 N–H and O–H groups in total. The van der Waals surface area contributed by atoms with Crippen LogP contribution in [-0.4, -0.2) is 41.4 Å². The van der Waals surface area contributed by atoms with E-state index in [0.29, 0.717) is 12.0 Å². The number of rotatable bonds is 8. The van der Waals surface area contributed by atoms with Crippen LogP contribution in [0.1, 0.15) is 60.2 Å². The van der Waals surface area contributed by atoms with E-state index in [2.05, 4.69) is 5.32 Å². The molecule has 7 nitrogen and oxygen atoms in total. The molecule has 1 atom stereocenters. The summed E-state index contributed by atoms with van der Waals surface area (Å²) in [6.07, 6.45) is -0.300. The van der Waals surface area contributed by atoms with Gasteiger partial charge in [0.15, 0.2) is 0 Å². The number of aryl methyl sites for hydroxylation is 1. The van der Waals surface area contributed by atoms with Crippen molar-refractivity contribution in [1.29, 1.82) is 0 Å². The van der Waals surface area contributed by atoms with Gasteiger partial charge in [0, 0.05) is 5.92 Å². The summed E-state index contributed by atoms with van der Waals surface area (Å²) in [6.45, 7) is 5.48. The lowest BCUT2D eigenvalue weighted by Crippen LogP contribution is -2.41. The zero-order valence-corrected chi connectivity index (χ0v) is 21.2. The van der Waals surface area contributed by atoms with E-state index in [4.69, 9.17) is 9.47 Å². The Labute approximate surface area is 216 Å². The molecule has 1 amide bonds. The largest absolute Gasteiger partial charge is 0.480 e. The molecule has 0 radical (unpaired) electrons. The van der Waals surface area contributed by atoms with Crippen molar-refractivity contribution in [3.8, 4) is 11.1 Å². The van der Waals surface area contributed by atoms with E-state index in [0.717, 1.165) is 27.8 Å². The molecule has 192 valence electrons. The average molecular weight is 502 g/mol. The SMILES string of the molecule is CC(C)(C)OC(=O)c1cccc(CC[C@H](NC(=O)OCC2c3ccccc3-c3ccccc32)C(=O)O)c1. The predicted octanol–water partition coefficient (Wildman–Crippen LogP) is 5.57. The molecule has 7 heteroatoms. The van der Waals surface area contributed by atoms with Crippen LogP contribution in [0.5, 0.6) is 0 Å². The van der Waals surface area contributed by atoms with Crippen LogP contribution in [0.15, 0.2) is 72.8 Å². The van der Waals surface area contributed by atoms with Gasteiger partial charge in [-0.3, -0.25) is 0 Å². The molecule has 0 fully saturated rings. The monoisotopic (exact) mass is 501 g/mol. The van der Waals surface area contributed by atoms with Crippen molar-refractivity contribution < 1.29 is 29.0 Å². The summed E-state index contributed by atoms with van der Waals surface area (Å²) in [4.78, 5) is 36.7. The first-order chi connectivity index (χ1) is 17.6. The Morgan fingerprint density at radius 3 is 2.14 bits per heavy atom. The van der Waals surface area contributed by atoms with Crippen LogP contribution in [0, 0.1) is 0 Å². The third kappa shape index (κ3) is 6.36. The van der Waals surface area contributed by atoms with Gasteiger partial charge in [-0.05, 0) is 73.6 Å². The molecule has 0 bridgehead atoms. The molecule has 0 heterocycles. The van der Waals surface area contributed by atoms with Gasteiger partial charge in [-0.15, -0.1) is 0 Å². The maximum Gasteiger partial charge on any atom is 0.407 e. The van der Waals surface area contributed by atoms with Crippen molar-refractivity contribution >= 4 is 18.0 Å². The van der Waals surface area contributed by atoms with E-state index in [1.54, 1.807) is 45.0 Å². The Morgan fingerprint density at radius 1 is 0.919 bits per heavy atom. The normalized spacial score (nSPS) is 13.3. The van der Waals surface area contributed by atoms with Gasteiger partial charge in [-0.25, -0.2) is 14.4 Å². The number of carbonyl (C=O) groups is 3. The Hall–Kier alpha value is -4.13. The molecular weight excluding hydrogens is 470 g/mol. The van der Waals surface area contributed by atoms with Gasteiger partial charge >= 0.3 is 18.0 Å². The highest BCUT2D eigenvalue weighted by Gasteiger charge is 2.29. The lowest BCUT2D eigenvalue weighted by atomic mass is 9.98. The van der Waals surface area contributed by atoms with Crippen LogP contribution in [-0.2, 0) is 20.7 Å². The van der Waals surface area contributed by atoms with E-state index in [1.165, 1.54) is 0 Å². The summed E-state index contributed by atoms with van der Waals surface area (Å²) in [6, 6.07) is 21.7. The highest BCUT2D eigenvalue weighted by atomic mass is 16.6. The minimum Gasteiger partial charge on any atom is -0.480 e. The van der Waals surface area contributed by atoms with E-state index < -0.39 is 29.7 Å². The van der Waals surface area contributed by atoms with Gasteiger partial charge in [0.25, 0.3) is 0 Å². The number of alkyl carbamates (subject to hydrolysis) is 1. The maximum absolute atomic E-state index is 12.6. The Morgan fingerprint density at radius 2 is 1.54 bits per heavy atom.